The lowest BCUT2D eigenvalue weighted by Gasteiger charge is -2.10. The van der Waals surface area contributed by atoms with E-state index in [1.807, 2.05) is 12.1 Å². The van der Waals surface area contributed by atoms with Crippen molar-refractivity contribution in [2.75, 3.05) is 17.2 Å². The second-order valence-electron chi connectivity index (χ2n) is 18.4. The van der Waals surface area contributed by atoms with Crippen molar-refractivity contribution in [2.24, 2.45) is 30.7 Å². The SMILES string of the molecule is [C-]#[N+]c1cnn(-c2cc(C(=O)O)cc(C(=O)O)c2)c1/N=N/c1c(C)nn(-c2nc(-n3nc(C)c(N=Nc4c(C#N)cnn4-c4cc(C(=O)O)cc(C(=O)O)c4)c3N)nc(-n3nc(C)c(/N=N/c4c(C#N)cnn4-c4cc(C(=O)O)cc(C(=O)O)c4)c3N)n2)c1N. The molecule has 0 spiro atoms. The van der Waals surface area contributed by atoms with Gasteiger partial charge in [0.25, 0.3) is 23.5 Å². The van der Waals surface area contributed by atoms with E-state index in [1.165, 1.54) is 20.8 Å². The molecule has 0 aliphatic carbocycles. The van der Waals surface area contributed by atoms with Gasteiger partial charge in [-0.15, -0.1) is 30.7 Å². The zero-order valence-electron chi connectivity index (χ0n) is 45.5. The second kappa shape index (κ2) is 22.9. The van der Waals surface area contributed by atoms with Crippen molar-refractivity contribution >= 4 is 93.5 Å². The number of nitrogens with zero attached hydrogens (tertiary/aromatic N) is 24. The standard InChI is InChI=1S/C51H33N27O12/c1-19-34(64-67-40-28(14-52)16-58-73(40)30-8-22(43(79)80)5-23(9-30)44(81)82)37(54)76(70-19)49-61-50(77-38(55)35(20(2)71-77)65-68-41-29(15-53)17-59-74(41)31-10-24(45(83)84)6-25(11-31)46(85)86)63-51(62-49)78-39(56)36(21(3)72-78)66-69-42-33(57-4)18-60-75(42)32-12-26(47(87)88)7-27(13-32)48(89)90/h5-13,16-18H,54-56H2,1-3H3,(H,79,80)(H,81,82)(H,83,84)(H,85,86)(H,87,88)(H,89,90)/b67-64+,68-65?,69-66+. The molecule has 10 rings (SSSR count). The number of carbonyl (C=O) groups is 6. The van der Waals surface area contributed by atoms with Gasteiger partial charge in [0.15, 0.2) is 52.0 Å². The largest absolute Gasteiger partial charge is 0.478 e. The normalized spacial score (nSPS) is 11.3. The fourth-order valence-electron chi connectivity index (χ4n) is 8.41. The summed E-state index contributed by atoms with van der Waals surface area (Å²) in [4.78, 5) is 89.0. The Labute approximate surface area is 497 Å². The highest BCUT2D eigenvalue weighted by Crippen LogP contribution is 2.38. The van der Waals surface area contributed by atoms with E-state index in [2.05, 4.69) is 81.1 Å². The number of nitrogens with two attached hydrogens (primary N) is 3. The van der Waals surface area contributed by atoms with Crippen molar-refractivity contribution < 1.29 is 59.4 Å². The first-order chi connectivity index (χ1) is 42.9. The van der Waals surface area contributed by atoms with Gasteiger partial charge in [0.1, 0.15) is 23.3 Å². The monoisotopic (exact) mass is 1220 g/mol. The molecule has 3 aromatic carbocycles. The molecule has 0 bridgehead atoms. The van der Waals surface area contributed by atoms with Crippen LogP contribution in [0.1, 0.15) is 90.4 Å². The molecule has 0 amide bonds. The van der Waals surface area contributed by atoms with Crippen molar-refractivity contribution in [1.82, 2.24) is 73.6 Å². The summed E-state index contributed by atoms with van der Waals surface area (Å²) in [5.74, 6) is -12.1. The van der Waals surface area contributed by atoms with Crippen molar-refractivity contribution in [1.29, 1.82) is 10.5 Å². The number of nitriles is 2. The molecule has 0 fully saturated rings. The summed E-state index contributed by atoms with van der Waals surface area (Å²) >= 11 is 0. The average molecular weight is 1220 g/mol. The van der Waals surface area contributed by atoms with Crippen LogP contribution in [-0.4, -0.2) is 140 Å². The predicted molar refractivity (Wildman–Crippen MR) is 299 cm³/mol. The molecule has 90 heavy (non-hydrogen) atoms. The van der Waals surface area contributed by atoms with Gasteiger partial charge in [-0.1, -0.05) is 0 Å². The molecule has 0 aliphatic rings. The first-order valence-corrected chi connectivity index (χ1v) is 24.8. The minimum atomic E-state index is -1.47. The summed E-state index contributed by atoms with van der Waals surface area (Å²) in [6.07, 6.45) is 3.22. The van der Waals surface area contributed by atoms with Crippen molar-refractivity contribution in [3.63, 3.8) is 0 Å². The van der Waals surface area contributed by atoms with E-state index in [0.717, 1.165) is 101 Å². The average Bonchev–Trinajstić information content (AvgIpc) is 1.62. The van der Waals surface area contributed by atoms with Crippen molar-refractivity contribution in [3.8, 4) is 47.0 Å². The van der Waals surface area contributed by atoms with Gasteiger partial charge in [0, 0.05) is 0 Å². The van der Waals surface area contributed by atoms with Crippen LogP contribution >= 0.6 is 0 Å². The second-order valence-corrected chi connectivity index (χ2v) is 18.4. The van der Waals surface area contributed by atoms with Crippen LogP contribution in [0, 0.1) is 50.0 Å². The quantitative estimate of drug-likeness (QED) is 0.0332. The van der Waals surface area contributed by atoms with E-state index < -0.39 is 87.0 Å². The van der Waals surface area contributed by atoms with E-state index in [1.54, 1.807) is 0 Å². The van der Waals surface area contributed by atoms with Crippen LogP contribution < -0.4 is 17.2 Å². The van der Waals surface area contributed by atoms with Gasteiger partial charge in [-0.2, -0.15) is 70.1 Å². The number of aromatic nitrogens is 15. The highest BCUT2D eigenvalue weighted by Gasteiger charge is 2.27. The third-order valence-corrected chi connectivity index (χ3v) is 12.6. The Morgan fingerprint density at radius 3 is 0.967 bits per heavy atom. The smallest absolute Gasteiger partial charge is 0.335 e. The van der Waals surface area contributed by atoms with E-state index in [9.17, 15) is 69.9 Å². The highest BCUT2D eigenvalue weighted by molar-refractivity contribution is 5.97. The Bertz CT molecular complexity index is 4420. The summed E-state index contributed by atoms with van der Waals surface area (Å²) in [6.45, 7) is 12.1. The summed E-state index contributed by atoms with van der Waals surface area (Å²) < 4.78 is 5.79. The molecule has 0 radical (unpaired) electrons. The Balaban J connectivity index is 1.10. The van der Waals surface area contributed by atoms with Crippen LogP contribution in [0.25, 0.3) is 39.8 Å². The molecule has 444 valence electrons. The van der Waals surface area contributed by atoms with Crippen molar-refractivity contribution in [2.45, 2.75) is 20.8 Å². The van der Waals surface area contributed by atoms with Gasteiger partial charge in [-0.3, -0.25) is 0 Å². The summed E-state index contributed by atoms with van der Waals surface area (Å²) in [6, 6.07) is 13.1. The van der Waals surface area contributed by atoms with E-state index in [-0.39, 0.29) is 103 Å². The molecule has 0 saturated heterocycles. The van der Waals surface area contributed by atoms with Gasteiger partial charge in [-0.25, -0.2) is 47.7 Å². The first-order valence-electron chi connectivity index (χ1n) is 24.8. The van der Waals surface area contributed by atoms with Crippen LogP contribution in [0.5, 0.6) is 0 Å². The molecule has 0 unspecified atom stereocenters. The Morgan fingerprint density at radius 1 is 0.433 bits per heavy atom. The third kappa shape index (κ3) is 10.7. The molecule has 7 heterocycles. The lowest BCUT2D eigenvalue weighted by molar-refractivity contribution is 0.0676. The number of benzene rings is 3. The number of aryl methyl sites for hydroxylation is 3. The Kier molecular flexibility index (Phi) is 14.9. The minimum absolute atomic E-state index is 0.0383. The molecule has 12 N–H and O–H groups in total. The zero-order chi connectivity index (χ0) is 64.7. The van der Waals surface area contributed by atoms with Gasteiger partial charge >= 0.3 is 35.8 Å². The lowest BCUT2D eigenvalue weighted by atomic mass is 10.1. The number of carboxylic acid groups (broad SMARTS) is 6. The fraction of sp³-hybridized carbons (Fsp3) is 0.0588. The Hall–Kier alpha value is -14.6. The van der Waals surface area contributed by atoms with Crippen LogP contribution in [0.3, 0.4) is 0 Å². The Morgan fingerprint density at radius 2 is 0.700 bits per heavy atom. The number of hydrogen-bond donors (Lipinski definition) is 9. The van der Waals surface area contributed by atoms with Crippen LogP contribution in [0.15, 0.2) is 104 Å². The van der Waals surface area contributed by atoms with E-state index in [0.29, 0.717) is 0 Å². The molecular weight excluding hydrogens is 1180 g/mol. The lowest BCUT2D eigenvalue weighted by Crippen LogP contribution is -2.17. The fourth-order valence-corrected chi connectivity index (χ4v) is 8.41. The molecule has 0 aliphatic heterocycles. The number of carboxylic acids is 6. The molecule has 39 heteroatoms. The maximum absolute atomic E-state index is 12.0. The number of aromatic carboxylic acids is 6. The number of azo groups is 3. The predicted octanol–water partition coefficient (Wildman–Crippen LogP) is 6.39. The molecule has 0 atom stereocenters. The van der Waals surface area contributed by atoms with Crippen LogP contribution in [0.2, 0.25) is 0 Å². The van der Waals surface area contributed by atoms with Gasteiger partial charge in [0.05, 0.1) is 92.7 Å². The number of nitrogen functional groups attached to an aromatic ring is 3. The minimum Gasteiger partial charge on any atom is -0.478 e. The highest BCUT2D eigenvalue weighted by atomic mass is 16.4. The summed E-state index contributed by atoms with van der Waals surface area (Å²) in [5, 5.41) is 130. The number of hydrogen-bond acceptors (Lipinski definition) is 26. The maximum atomic E-state index is 12.0. The summed E-state index contributed by atoms with van der Waals surface area (Å²) in [7, 11) is 0. The zero-order valence-corrected chi connectivity index (χ0v) is 45.5. The molecule has 10 aromatic rings. The van der Waals surface area contributed by atoms with Gasteiger partial charge in [0.2, 0.25) is 0 Å². The molecule has 39 nitrogen and oxygen atoms in total. The van der Waals surface area contributed by atoms with Crippen molar-refractivity contribution in [3.05, 3.63) is 146 Å². The van der Waals surface area contributed by atoms with E-state index in [4.69, 9.17) is 23.8 Å². The van der Waals surface area contributed by atoms with Gasteiger partial charge in [-0.05, 0) is 75.4 Å². The van der Waals surface area contributed by atoms with Crippen LogP contribution in [0.4, 0.5) is 57.7 Å². The van der Waals surface area contributed by atoms with Gasteiger partial charge < -0.3 is 47.8 Å². The number of anilines is 3. The maximum Gasteiger partial charge on any atom is 0.335 e. The number of rotatable bonds is 18. The van der Waals surface area contributed by atoms with Crippen LogP contribution in [-0.2, 0) is 0 Å². The summed E-state index contributed by atoms with van der Waals surface area (Å²) in [5.41, 5.74) is 16.2. The topological polar surface area (TPSA) is 574 Å². The first kappa shape index (κ1) is 58.6. The molecule has 7 aromatic heterocycles. The van der Waals surface area contributed by atoms with E-state index >= 15 is 0 Å². The molecule has 0 saturated carbocycles. The molecular formula is C51H33N27O12. The third-order valence-electron chi connectivity index (χ3n) is 12.6.